The molecule has 1 saturated heterocycles. The Labute approximate surface area is 167 Å². The van der Waals surface area contributed by atoms with Crippen molar-refractivity contribution in [1.82, 2.24) is 20.4 Å². The van der Waals surface area contributed by atoms with Gasteiger partial charge in [0.05, 0.1) is 19.2 Å². The van der Waals surface area contributed by atoms with Gasteiger partial charge >= 0.3 is 5.97 Å². The third kappa shape index (κ3) is 4.61. The second-order valence-electron chi connectivity index (χ2n) is 7.64. The number of halogens is 1. The van der Waals surface area contributed by atoms with Gasteiger partial charge < -0.3 is 19.5 Å². The number of carbonyl (C=O) groups is 2. The van der Waals surface area contributed by atoms with Gasteiger partial charge in [-0.05, 0) is 37.3 Å². The monoisotopic (exact) mass is 402 g/mol. The van der Waals surface area contributed by atoms with Gasteiger partial charge in [0.15, 0.2) is 11.5 Å². The summed E-state index contributed by atoms with van der Waals surface area (Å²) in [6.07, 6.45) is 4.21. The number of rotatable bonds is 6. The van der Waals surface area contributed by atoms with Crippen molar-refractivity contribution in [2.75, 3.05) is 26.7 Å². The van der Waals surface area contributed by atoms with Crippen LogP contribution < -0.4 is 5.32 Å². The van der Waals surface area contributed by atoms with E-state index in [1.165, 1.54) is 38.2 Å². The molecule has 2 aromatic rings. The van der Waals surface area contributed by atoms with Crippen LogP contribution in [0.25, 0.3) is 11.5 Å². The van der Waals surface area contributed by atoms with Gasteiger partial charge in [-0.25, -0.2) is 9.37 Å². The molecule has 0 spiro atoms. The Balaban J connectivity index is 1.42. The van der Waals surface area contributed by atoms with E-state index in [-0.39, 0.29) is 23.5 Å². The fourth-order valence-electron chi connectivity index (χ4n) is 3.68. The van der Waals surface area contributed by atoms with Gasteiger partial charge in [0.25, 0.3) is 5.91 Å². The van der Waals surface area contributed by atoms with Crippen LogP contribution in [0.1, 0.15) is 29.8 Å². The minimum Gasteiger partial charge on any atom is -0.469 e. The van der Waals surface area contributed by atoms with Crippen molar-refractivity contribution in [2.45, 2.75) is 25.3 Å². The fourth-order valence-corrected chi connectivity index (χ4v) is 3.68. The Kier molecular flexibility index (Phi) is 5.57. The van der Waals surface area contributed by atoms with Crippen molar-refractivity contribution in [3.05, 3.63) is 35.9 Å². The molecule has 0 aromatic carbocycles. The van der Waals surface area contributed by atoms with Crippen LogP contribution in [0.5, 0.6) is 0 Å². The molecule has 9 heteroatoms. The minimum absolute atomic E-state index is 0.0788. The van der Waals surface area contributed by atoms with Crippen molar-refractivity contribution >= 4 is 11.9 Å². The van der Waals surface area contributed by atoms with Crippen LogP contribution in [0, 0.1) is 17.7 Å². The van der Waals surface area contributed by atoms with Gasteiger partial charge in [0.2, 0.25) is 0 Å². The average Bonchev–Trinajstić information content (AvgIpc) is 3.40. The number of amides is 1. The number of aromatic nitrogens is 2. The molecule has 1 saturated carbocycles. The van der Waals surface area contributed by atoms with E-state index in [9.17, 15) is 14.0 Å². The lowest BCUT2D eigenvalue weighted by Crippen LogP contribution is -2.54. The van der Waals surface area contributed by atoms with E-state index in [4.69, 9.17) is 9.26 Å². The van der Waals surface area contributed by atoms with Crippen molar-refractivity contribution < 1.29 is 23.2 Å². The Bertz CT molecular complexity index is 881. The van der Waals surface area contributed by atoms with Gasteiger partial charge in [0, 0.05) is 31.7 Å². The lowest BCUT2D eigenvalue weighted by Gasteiger charge is -2.37. The van der Waals surface area contributed by atoms with E-state index in [1.807, 2.05) is 0 Å². The SMILES string of the molecule is COC(=O)[C@@H]1CN(CC2CC2)CC[C@H]1NC(=O)c1cc(-c2ccc(F)cn2)on1. The first kappa shape index (κ1) is 19.5. The lowest BCUT2D eigenvalue weighted by molar-refractivity contribution is -0.148. The molecule has 29 heavy (non-hydrogen) atoms. The molecular weight excluding hydrogens is 379 g/mol. The molecule has 4 rings (SSSR count). The maximum absolute atomic E-state index is 13.0. The summed E-state index contributed by atoms with van der Waals surface area (Å²) < 4.78 is 23.1. The number of carbonyl (C=O) groups excluding carboxylic acids is 2. The molecule has 0 unspecified atom stereocenters. The first-order valence-electron chi connectivity index (χ1n) is 9.73. The quantitative estimate of drug-likeness (QED) is 0.737. The number of piperidine rings is 1. The number of esters is 1. The van der Waals surface area contributed by atoms with Crippen molar-refractivity contribution in [3.8, 4) is 11.5 Å². The molecular formula is C20H23FN4O4. The number of ether oxygens (including phenoxy) is 1. The van der Waals surface area contributed by atoms with Gasteiger partial charge in [-0.15, -0.1) is 0 Å². The molecule has 0 bridgehead atoms. The number of methoxy groups -OCH3 is 1. The number of nitrogens with one attached hydrogen (secondary N) is 1. The first-order valence-corrected chi connectivity index (χ1v) is 9.73. The molecule has 8 nitrogen and oxygen atoms in total. The van der Waals surface area contributed by atoms with Gasteiger partial charge in [-0.3, -0.25) is 9.59 Å². The average molecular weight is 402 g/mol. The summed E-state index contributed by atoms with van der Waals surface area (Å²) in [5, 5.41) is 6.68. The molecule has 3 heterocycles. The molecule has 2 fully saturated rings. The highest BCUT2D eigenvalue weighted by molar-refractivity contribution is 5.93. The van der Waals surface area contributed by atoms with Crippen molar-refractivity contribution in [3.63, 3.8) is 0 Å². The Hall–Kier alpha value is -2.81. The zero-order valence-corrected chi connectivity index (χ0v) is 16.1. The summed E-state index contributed by atoms with van der Waals surface area (Å²) in [5.41, 5.74) is 0.453. The molecule has 2 aromatic heterocycles. The standard InChI is InChI=1S/C20H23FN4O4/c1-28-20(27)14-11-25(10-12-2-3-12)7-6-15(14)23-19(26)17-8-18(29-24-17)16-5-4-13(21)9-22-16/h4-5,8-9,12,14-15H,2-3,6-7,10-11H2,1H3,(H,23,26)/t14-,15-/m1/s1. The highest BCUT2D eigenvalue weighted by Gasteiger charge is 2.38. The minimum atomic E-state index is -0.465. The van der Waals surface area contributed by atoms with Crippen LogP contribution in [0.3, 0.4) is 0 Å². The van der Waals surface area contributed by atoms with Crippen LogP contribution in [0.4, 0.5) is 4.39 Å². The van der Waals surface area contributed by atoms with E-state index in [0.29, 0.717) is 18.7 Å². The van der Waals surface area contributed by atoms with E-state index in [0.717, 1.165) is 25.2 Å². The highest BCUT2D eigenvalue weighted by Crippen LogP contribution is 2.31. The van der Waals surface area contributed by atoms with Crippen molar-refractivity contribution in [1.29, 1.82) is 0 Å². The molecule has 2 atom stereocenters. The summed E-state index contributed by atoms with van der Waals surface area (Å²) in [7, 11) is 1.36. The molecule has 154 valence electrons. The first-order chi connectivity index (χ1) is 14.0. The van der Waals surface area contributed by atoms with Crippen LogP contribution in [0.2, 0.25) is 0 Å². The molecule has 1 amide bonds. The van der Waals surface area contributed by atoms with Crippen LogP contribution in [0.15, 0.2) is 28.9 Å². The summed E-state index contributed by atoms with van der Waals surface area (Å²) in [6.45, 7) is 2.38. The van der Waals surface area contributed by atoms with E-state index in [1.54, 1.807) is 0 Å². The summed E-state index contributed by atoms with van der Waals surface area (Å²) in [5.74, 6) is -0.662. The summed E-state index contributed by atoms with van der Waals surface area (Å²) in [6, 6.07) is 3.81. The largest absolute Gasteiger partial charge is 0.469 e. The molecule has 1 N–H and O–H groups in total. The normalized spacial score (nSPS) is 22.3. The zero-order chi connectivity index (χ0) is 20.4. The number of likely N-dealkylation sites (tertiary alicyclic amines) is 1. The lowest BCUT2D eigenvalue weighted by atomic mass is 9.91. The molecule has 0 radical (unpaired) electrons. The third-order valence-corrected chi connectivity index (χ3v) is 5.45. The van der Waals surface area contributed by atoms with Gasteiger partial charge in [-0.1, -0.05) is 5.16 Å². The Morgan fingerprint density at radius 3 is 2.86 bits per heavy atom. The Morgan fingerprint density at radius 1 is 1.34 bits per heavy atom. The van der Waals surface area contributed by atoms with Crippen LogP contribution in [-0.2, 0) is 9.53 Å². The second-order valence-corrected chi connectivity index (χ2v) is 7.64. The summed E-state index contributed by atoms with van der Waals surface area (Å²) in [4.78, 5) is 31.1. The predicted octanol–water partition coefficient (Wildman–Crippen LogP) is 1.88. The van der Waals surface area contributed by atoms with E-state index in [2.05, 4.69) is 20.4 Å². The van der Waals surface area contributed by atoms with Gasteiger partial charge in [-0.2, -0.15) is 0 Å². The molecule has 2 aliphatic rings. The smallest absolute Gasteiger partial charge is 0.312 e. The third-order valence-electron chi connectivity index (χ3n) is 5.45. The van der Waals surface area contributed by atoms with Crippen molar-refractivity contribution in [2.24, 2.45) is 11.8 Å². The summed E-state index contributed by atoms with van der Waals surface area (Å²) >= 11 is 0. The number of nitrogens with zero attached hydrogens (tertiary/aromatic N) is 3. The predicted molar refractivity (Wildman–Crippen MR) is 100 cm³/mol. The Morgan fingerprint density at radius 2 is 2.17 bits per heavy atom. The topological polar surface area (TPSA) is 97.6 Å². The number of hydrogen-bond acceptors (Lipinski definition) is 7. The van der Waals surface area contributed by atoms with Crippen LogP contribution >= 0.6 is 0 Å². The maximum atomic E-state index is 13.0. The van der Waals surface area contributed by atoms with Gasteiger partial charge in [0.1, 0.15) is 11.5 Å². The molecule has 1 aliphatic carbocycles. The van der Waals surface area contributed by atoms with Crippen LogP contribution in [-0.4, -0.2) is 59.7 Å². The second kappa shape index (κ2) is 8.28. The van der Waals surface area contributed by atoms with E-state index < -0.39 is 17.6 Å². The fraction of sp³-hybridized carbons (Fsp3) is 0.500. The maximum Gasteiger partial charge on any atom is 0.312 e. The zero-order valence-electron chi connectivity index (χ0n) is 16.1. The number of pyridine rings is 1. The number of hydrogen-bond donors (Lipinski definition) is 1. The van der Waals surface area contributed by atoms with E-state index >= 15 is 0 Å². The molecule has 1 aliphatic heterocycles. The highest BCUT2D eigenvalue weighted by atomic mass is 19.1.